The average molecular weight is 289 g/mol. The van der Waals surface area contributed by atoms with Crippen LogP contribution in [0.4, 0.5) is 0 Å². The van der Waals surface area contributed by atoms with Gasteiger partial charge < -0.3 is 15.8 Å². The Balaban J connectivity index is 2.20. The van der Waals surface area contributed by atoms with Gasteiger partial charge in [0, 0.05) is 25.2 Å². The molecule has 1 aromatic rings. The van der Waals surface area contributed by atoms with Crippen LogP contribution < -0.4 is 11.1 Å². The molecule has 1 aliphatic rings. The molecule has 2 rings (SSSR count). The average Bonchev–Trinajstić information content (AvgIpc) is 2.52. The SMILES string of the molecule is CCCNC(N)=NCC1(c2ccccc2C)CCOCC1. The number of nitrogens with one attached hydrogen (secondary N) is 1. The molecule has 0 radical (unpaired) electrons. The molecule has 0 aliphatic carbocycles. The second kappa shape index (κ2) is 7.46. The predicted molar refractivity (Wildman–Crippen MR) is 87.7 cm³/mol. The van der Waals surface area contributed by atoms with Crippen LogP contribution in [0.25, 0.3) is 0 Å². The van der Waals surface area contributed by atoms with Crippen LogP contribution in [-0.4, -0.2) is 32.3 Å². The summed E-state index contributed by atoms with van der Waals surface area (Å²) < 4.78 is 5.56. The Bertz CT molecular complexity index is 479. The number of aryl methyl sites for hydroxylation is 1. The monoisotopic (exact) mass is 289 g/mol. The third kappa shape index (κ3) is 3.97. The van der Waals surface area contributed by atoms with Crippen molar-refractivity contribution in [2.75, 3.05) is 26.3 Å². The van der Waals surface area contributed by atoms with E-state index in [1.54, 1.807) is 0 Å². The Morgan fingerprint density at radius 2 is 2.05 bits per heavy atom. The fourth-order valence-corrected chi connectivity index (χ4v) is 2.99. The molecule has 1 aromatic carbocycles. The lowest BCUT2D eigenvalue weighted by atomic mass is 9.72. The van der Waals surface area contributed by atoms with Crippen LogP contribution in [0, 0.1) is 6.92 Å². The molecule has 0 unspecified atom stereocenters. The number of benzene rings is 1. The lowest BCUT2D eigenvalue weighted by molar-refractivity contribution is 0.0529. The molecule has 0 bridgehead atoms. The first-order chi connectivity index (χ1) is 10.2. The maximum absolute atomic E-state index is 5.96. The van der Waals surface area contributed by atoms with Gasteiger partial charge in [-0.05, 0) is 37.3 Å². The van der Waals surface area contributed by atoms with Crippen molar-refractivity contribution in [2.45, 2.75) is 38.5 Å². The third-order valence-corrected chi connectivity index (χ3v) is 4.27. The van der Waals surface area contributed by atoms with Gasteiger partial charge in [0.05, 0.1) is 6.54 Å². The van der Waals surface area contributed by atoms with E-state index < -0.39 is 0 Å². The Hall–Kier alpha value is -1.55. The van der Waals surface area contributed by atoms with E-state index >= 15 is 0 Å². The van der Waals surface area contributed by atoms with Crippen molar-refractivity contribution in [3.8, 4) is 0 Å². The zero-order valence-electron chi connectivity index (χ0n) is 13.2. The summed E-state index contributed by atoms with van der Waals surface area (Å²) in [5.41, 5.74) is 8.73. The second-order valence-corrected chi connectivity index (χ2v) is 5.84. The lowest BCUT2D eigenvalue weighted by Crippen LogP contribution is -2.39. The zero-order valence-corrected chi connectivity index (χ0v) is 13.2. The lowest BCUT2D eigenvalue weighted by Gasteiger charge is -2.37. The van der Waals surface area contributed by atoms with Crippen LogP contribution in [0.1, 0.15) is 37.3 Å². The Morgan fingerprint density at radius 3 is 2.71 bits per heavy atom. The van der Waals surface area contributed by atoms with E-state index in [0.717, 1.165) is 45.6 Å². The van der Waals surface area contributed by atoms with Crippen LogP contribution in [0.3, 0.4) is 0 Å². The first-order valence-corrected chi connectivity index (χ1v) is 7.85. The first kappa shape index (κ1) is 15.8. The zero-order chi connectivity index (χ0) is 15.1. The van der Waals surface area contributed by atoms with Gasteiger partial charge in [-0.25, -0.2) is 0 Å². The van der Waals surface area contributed by atoms with Gasteiger partial charge >= 0.3 is 0 Å². The summed E-state index contributed by atoms with van der Waals surface area (Å²) >= 11 is 0. The highest BCUT2D eigenvalue weighted by Gasteiger charge is 2.35. The van der Waals surface area contributed by atoms with Gasteiger partial charge in [-0.3, -0.25) is 4.99 Å². The van der Waals surface area contributed by atoms with Gasteiger partial charge in [0.1, 0.15) is 0 Å². The fraction of sp³-hybridized carbons (Fsp3) is 0.588. The van der Waals surface area contributed by atoms with Crippen molar-refractivity contribution in [2.24, 2.45) is 10.7 Å². The Labute approximate surface area is 127 Å². The van der Waals surface area contributed by atoms with Crippen LogP contribution in [0.2, 0.25) is 0 Å². The topological polar surface area (TPSA) is 59.6 Å². The van der Waals surface area contributed by atoms with Gasteiger partial charge in [0.2, 0.25) is 0 Å². The smallest absolute Gasteiger partial charge is 0.188 e. The van der Waals surface area contributed by atoms with E-state index in [1.807, 2.05) is 0 Å². The standard InChI is InChI=1S/C17H27N3O/c1-3-10-19-16(18)20-13-17(8-11-21-12-9-17)15-7-5-4-6-14(15)2/h4-7H,3,8-13H2,1-2H3,(H3,18,19,20). The molecule has 0 atom stereocenters. The Kier molecular flexibility index (Phi) is 5.62. The highest BCUT2D eigenvalue weighted by molar-refractivity contribution is 5.77. The van der Waals surface area contributed by atoms with Gasteiger partial charge in [-0.15, -0.1) is 0 Å². The maximum atomic E-state index is 5.96. The van der Waals surface area contributed by atoms with Crippen LogP contribution in [-0.2, 0) is 10.2 Å². The van der Waals surface area contributed by atoms with E-state index in [1.165, 1.54) is 11.1 Å². The van der Waals surface area contributed by atoms with Gasteiger partial charge in [-0.2, -0.15) is 0 Å². The Morgan fingerprint density at radius 1 is 1.33 bits per heavy atom. The van der Waals surface area contributed by atoms with E-state index in [-0.39, 0.29) is 5.41 Å². The summed E-state index contributed by atoms with van der Waals surface area (Å²) in [6.07, 6.45) is 3.05. The summed E-state index contributed by atoms with van der Waals surface area (Å²) in [6.45, 7) is 7.49. The van der Waals surface area contributed by atoms with Crippen molar-refractivity contribution in [1.82, 2.24) is 5.32 Å². The molecular formula is C17H27N3O. The molecule has 4 nitrogen and oxygen atoms in total. The molecule has 0 spiro atoms. The molecule has 116 valence electrons. The minimum atomic E-state index is 0.0576. The van der Waals surface area contributed by atoms with Crippen molar-refractivity contribution in [3.05, 3.63) is 35.4 Å². The van der Waals surface area contributed by atoms with E-state index in [0.29, 0.717) is 5.96 Å². The van der Waals surface area contributed by atoms with Gasteiger partial charge in [0.25, 0.3) is 0 Å². The quantitative estimate of drug-likeness (QED) is 0.646. The molecule has 3 N–H and O–H groups in total. The van der Waals surface area contributed by atoms with Crippen molar-refractivity contribution in [3.63, 3.8) is 0 Å². The van der Waals surface area contributed by atoms with Crippen molar-refractivity contribution < 1.29 is 4.74 Å². The molecular weight excluding hydrogens is 262 g/mol. The molecule has 0 saturated carbocycles. The van der Waals surface area contributed by atoms with Crippen LogP contribution in [0.5, 0.6) is 0 Å². The number of rotatable bonds is 5. The summed E-state index contributed by atoms with van der Waals surface area (Å²) in [5.74, 6) is 0.552. The third-order valence-electron chi connectivity index (χ3n) is 4.27. The highest BCUT2D eigenvalue weighted by atomic mass is 16.5. The second-order valence-electron chi connectivity index (χ2n) is 5.84. The summed E-state index contributed by atoms with van der Waals surface area (Å²) in [4.78, 5) is 4.60. The van der Waals surface area contributed by atoms with Crippen LogP contribution in [0.15, 0.2) is 29.3 Å². The highest BCUT2D eigenvalue weighted by Crippen LogP contribution is 2.36. The van der Waals surface area contributed by atoms with Gasteiger partial charge in [-0.1, -0.05) is 31.2 Å². The van der Waals surface area contributed by atoms with E-state index in [4.69, 9.17) is 10.5 Å². The fourth-order valence-electron chi connectivity index (χ4n) is 2.99. The minimum Gasteiger partial charge on any atom is -0.381 e. The molecule has 1 aliphatic heterocycles. The molecule has 1 saturated heterocycles. The number of guanidine groups is 1. The molecule has 1 heterocycles. The summed E-state index contributed by atoms with van der Waals surface area (Å²) in [7, 11) is 0. The van der Waals surface area contributed by atoms with Crippen molar-refractivity contribution in [1.29, 1.82) is 0 Å². The summed E-state index contributed by atoms with van der Waals surface area (Å²) in [6, 6.07) is 8.61. The van der Waals surface area contributed by atoms with E-state index in [9.17, 15) is 0 Å². The first-order valence-electron chi connectivity index (χ1n) is 7.85. The number of nitrogens with two attached hydrogens (primary N) is 1. The number of ether oxygens (including phenoxy) is 1. The maximum Gasteiger partial charge on any atom is 0.188 e. The number of hydrogen-bond acceptors (Lipinski definition) is 2. The summed E-state index contributed by atoms with van der Waals surface area (Å²) in [5, 5.41) is 3.15. The molecule has 0 amide bonds. The molecule has 4 heteroatoms. The number of aliphatic imine (C=N–C) groups is 1. The largest absolute Gasteiger partial charge is 0.381 e. The van der Waals surface area contributed by atoms with Gasteiger partial charge in [0.15, 0.2) is 5.96 Å². The minimum absolute atomic E-state index is 0.0576. The van der Waals surface area contributed by atoms with Crippen LogP contribution >= 0.6 is 0 Å². The van der Waals surface area contributed by atoms with Crippen molar-refractivity contribution >= 4 is 5.96 Å². The molecule has 1 fully saturated rings. The predicted octanol–water partition coefficient (Wildman–Crippen LogP) is 2.36. The number of hydrogen-bond donors (Lipinski definition) is 2. The van der Waals surface area contributed by atoms with E-state index in [2.05, 4.69) is 48.4 Å². The normalized spacial score (nSPS) is 18.5. The number of nitrogens with zero attached hydrogens (tertiary/aromatic N) is 1. The molecule has 21 heavy (non-hydrogen) atoms. The molecule has 0 aromatic heterocycles.